The van der Waals surface area contributed by atoms with Crippen molar-refractivity contribution in [3.05, 3.63) is 0 Å². The fourth-order valence-electron chi connectivity index (χ4n) is 0.978. The van der Waals surface area contributed by atoms with E-state index in [9.17, 15) is 9.59 Å². The molecule has 14 heavy (non-hydrogen) atoms. The van der Waals surface area contributed by atoms with Crippen LogP contribution in [-0.2, 0) is 9.59 Å². The third kappa shape index (κ3) is 4.48. The molecule has 0 aromatic heterocycles. The molecule has 5 nitrogen and oxygen atoms in total. The third-order valence-corrected chi connectivity index (χ3v) is 3.00. The van der Waals surface area contributed by atoms with E-state index in [1.165, 1.54) is 6.92 Å². The summed E-state index contributed by atoms with van der Waals surface area (Å²) in [7, 11) is 0. The van der Waals surface area contributed by atoms with Crippen LogP contribution in [0, 0.1) is 5.92 Å². The van der Waals surface area contributed by atoms with Crippen LogP contribution in [0.4, 0.5) is 0 Å². The first-order valence-electron chi connectivity index (χ1n) is 4.52. The Balaban J connectivity index is 1.94. The van der Waals surface area contributed by atoms with E-state index in [1.807, 2.05) is 0 Å². The summed E-state index contributed by atoms with van der Waals surface area (Å²) in [6.45, 7) is 3.47. The zero-order chi connectivity index (χ0) is 10.4. The van der Waals surface area contributed by atoms with Gasteiger partial charge in [0.25, 0.3) is 0 Å². The number of nitrogens with one attached hydrogen (secondary N) is 3. The molecule has 0 aromatic rings. The van der Waals surface area contributed by atoms with Crippen LogP contribution in [0.3, 0.4) is 0 Å². The van der Waals surface area contributed by atoms with Crippen LogP contribution in [0.15, 0.2) is 0 Å². The van der Waals surface area contributed by atoms with Gasteiger partial charge in [0.05, 0.1) is 5.75 Å². The van der Waals surface area contributed by atoms with Gasteiger partial charge in [-0.3, -0.25) is 20.4 Å². The minimum atomic E-state index is -0.258. The quantitative estimate of drug-likeness (QED) is 0.534. The van der Waals surface area contributed by atoms with Crippen molar-refractivity contribution in [3.8, 4) is 0 Å². The summed E-state index contributed by atoms with van der Waals surface area (Å²) in [5, 5.41) is 3.17. The van der Waals surface area contributed by atoms with E-state index in [1.54, 1.807) is 11.8 Å². The van der Waals surface area contributed by atoms with Crippen LogP contribution in [0.2, 0.25) is 0 Å². The lowest BCUT2D eigenvalue weighted by molar-refractivity contribution is -0.126. The molecule has 1 rings (SSSR count). The number of hydrogen-bond donors (Lipinski definition) is 3. The molecular weight excluding hydrogens is 202 g/mol. The highest BCUT2D eigenvalue weighted by atomic mass is 32.2. The number of hydrazine groups is 1. The summed E-state index contributed by atoms with van der Waals surface area (Å²) in [6.07, 6.45) is 0. The number of carbonyl (C=O) groups is 2. The Labute approximate surface area is 87.4 Å². The summed E-state index contributed by atoms with van der Waals surface area (Å²) >= 11 is 1.59. The number of carbonyl (C=O) groups excluding carboxylic acids is 2. The van der Waals surface area contributed by atoms with E-state index in [2.05, 4.69) is 16.2 Å². The predicted molar refractivity (Wildman–Crippen MR) is 55.6 cm³/mol. The zero-order valence-corrected chi connectivity index (χ0v) is 8.95. The SMILES string of the molecule is CC(=O)NNC(=O)CSCC1CNC1. The molecule has 2 amide bonds. The van der Waals surface area contributed by atoms with Gasteiger partial charge in [-0.2, -0.15) is 11.8 Å². The van der Waals surface area contributed by atoms with Crippen molar-refractivity contribution >= 4 is 23.6 Å². The molecule has 1 heterocycles. The maximum Gasteiger partial charge on any atom is 0.248 e. The Kier molecular flexibility index (Phi) is 4.75. The van der Waals surface area contributed by atoms with Gasteiger partial charge in [0.1, 0.15) is 0 Å². The van der Waals surface area contributed by atoms with Crippen molar-refractivity contribution in [2.45, 2.75) is 6.92 Å². The molecule has 3 N–H and O–H groups in total. The van der Waals surface area contributed by atoms with Crippen LogP contribution in [0.1, 0.15) is 6.92 Å². The molecule has 80 valence electrons. The molecular formula is C8H15N3O2S. The van der Waals surface area contributed by atoms with Gasteiger partial charge in [-0.15, -0.1) is 0 Å². The Morgan fingerprint density at radius 2 is 2.14 bits per heavy atom. The third-order valence-electron chi connectivity index (χ3n) is 1.83. The van der Waals surface area contributed by atoms with E-state index in [0.717, 1.165) is 18.8 Å². The van der Waals surface area contributed by atoms with E-state index >= 15 is 0 Å². The maximum atomic E-state index is 11.1. The lowest BCUT2D eigenvalue weighted by atomic mass is 10.1. The van der Waals surface area contributed by atoms with Gasteiger partial charge in [0.15, 0.2) is 0 Å². The first kappa shape index (κ1) is 11.3. The second-order valence-electron chi connectivity index (χ2n) is 3.27. The molecule has 0 spiro atoms. The van der Waals surface area contributed by atoms with Gasteiger partial charge < -0.3 is 5.32 Å². The molecule has 0 unspecified atom stereocenters. The monoisotopic (exact) mass is 217 g/mol. The topological polar surface area (TPSA) is 70.2 Å². The largest absolute Gasteiger partial charge is 0.316 e. The van der Waals surface area contributed by atoms with Crippen LogP contribution in [0.25, 0.3) is 0 Å². The lowest BCUT2D eigenvalue weighted by Crippen LogP contribution is -2.44. The fraction of sp³-hybridized carbons (Fsp3) is 0.750. The summed E-state index contributed by atoms with van der Waals surface area (Å²) in [6, 6.07) is 0. The smallest absolute Gasteiger partial charge is 0.248 e. The van der Waals surface area contributed by atoms with Crippen molar-refractivity contribution in [3.63, 3.8) is 0 Å². The molecule has 0 radical (unpaired) electrons. The molecule has 6 heteroatoms. The Bertz CT molecular complexity index is 219. The highest BCUT2D eigenvalue weighted by Crippen LogP contribution is 2.11. The molecule has 1 aliphatic rings. The minimum Gasteiger partial charge on any atom is -0.316 e. The Morgan fingerprint density at radius 3 is 2.64 bits per heavy atom. The first-order chi connectivity index (χ1) is 6.68. The van der Waals surface area contributed by atoms with E-state index in [0.29, 0.717) is 11.7 Å². The molecule has 0 atom stereocenters. The van der Waals surface area contributed by atoms with Gasteiger partial charge in [-0.25, -0.2) is 0 Å². The van der Waals surface area contributed by atoms with Crippen LogP contribution in [-0.4, -0.2) is 36.4 Å². The van der Waals surface area contributed by atoms with Crippen molar-refractivity contribution in [1.82, 2.24) is 16.2 Å². The van der Waals surface area contributed by atoms with Crippen molar-refractivity contribution in [2.24, 2.45) is 5.92 Å². The van der Waals surface area contributed by atoms with Crippen molar-refractivity contribution in [2.75, 3.05) is 24.6 Å². The number of hydrogen-bond acceptors (Lipinski definition) is 4. The van der Waals surface area contributed by atoms with E-state index in [-0.39, 0.29) is 11.8 Å². The molecule has 1 saturated heterocycles. The van der Waals surface area contributed by atoms with Crippen LogP contribution in [0.5, 0.6) is 0 Å². The predicted octanol–water partition coefficient (Wildman–Crippen LogP) is -0.894. The standard InChI is InChI=1S/C8H15N3O2S/c1-6(12)10-11-8(13)5-14-4-7-2-9-3-7/h7,9H,2-5H2,1H3,(H,10,12)(H,11,13). The highest BCUT2D eigenvalue weighted by Gasteiger charge is 2.16. The summed E-state index contributed by atoms with van der Waals surface area (Å²) in [5.41, 5.74) is 4.56. The van der Waals surface area contributed by atoms with Crippen LogP contribution >= 0.6 is 11.8 Å². The molecule has 1 fully saturated rings. The maximum absolute atomic E-state index is 11.1. The summed E-state index contributed by atoms with van der Waals surface area (Å²) in [5.74, 6) is 1.69. The molecule has 1 aliphatic heterocycles. The average Bonchev–Trinajstić information content (AvgIpc) is 2.06. The number of thioether (sulfide) groups is 1. The zero-order valence-electron chi connectivity index (χ0n) is 8.13. The normalized spacial score (nSPS) is 15.8. The van der Waals surface area contributed by atoms with Crippen LogP contribution < -0.4 is 16.2 Å². The van der Waals surface area contributed by atoms with Gasteiger partial charge in [0, 0.05) is 6.92 Å². The van der Waals surface area contributed by atoms with Crippen molar-refractivity contribution < 1.29 is 9.59 Å². The first-order valence-corrected chi connectivity index (χ1v) is 5.68. The highest BCUT2D eigenvalue weighted by molar-refractivity contribution is 7.99. The Morgan fingerprint density at radius 1 is 1.43 bits per heavy atom. The second kappa shape index (κ2) is 5.87. The number of rotatable bonds is 4. The van der Waals surface area contributed by atoms with Gasteiger partial charge >= 0.3 is 0 Å². The Hall–Kier alpha value is -0.750. The van der Waals surface area contributed by atoms with E-state index < -0.39 is 0 Å². The molecule has 0 saturated carbocycles. The molecule has 0 aliphatic carbocycles. The molecule has 0 aromatic carbocycles. The van der Waals surface area contributed by atoms with Crippen molar-refractivity contribution in [1.29, 1.82) is 0 Å². The van der Waals surface area contributed by atoms with E-state index in [4.69, 9.17) is 0 Å². The van der Waals surface area contributed by atoms with Gasteiger partial charge in [-0.1, -0.05) is 0 Å². The lowest BCUT2D eigenvalue weighted by Gasteiger charge is -2.26. The van der Waals surface area contributed by atoms with Gasteiger partial charge in [-0.05, 0) is 24.8 Å². The minimum absolute atomic E-state index is 0.155. The second-order valence-corrected chi connectivity index (χ2v) is 4.30. The summed E-state index contributed by atoms with van der Waals surface area (Å²) in [4.78, 5) is 21.5. The number of amides is 2. The van der Waals surface area contributed by atoms with Gasteiger partial charge in [0.2, 0.25) is 11.8 Å². The molecule has 0 bridgehead atoms. The fourth-order valence-corrected chi connectivity index (χ4v) is 1.92. The average molecular weight is 217 g/mol. The summed E-state index contributed by atoms with van der Waals surface area (Å²) < 4.78 is 0.